The van der Waals surface area contributed by atoms with Gasteiger partial charge in [0, 0.05) is 22.2 Å². The van der Waals surface area contributed by atoms with Crippen molar-refractivity contribution in [1.82, 2.24) is 14.7 Å². The first-order chi connectivity index (χ1) is 15.3. The fourth-order valence-electron chi connectivity index (χ4n) is 3.90. The smallest absolute Gasteiger partial charge is 0.252 e. The predicted molar refractivity (Wildman–Crippen MR) is 123 cm³/mol. The van der Waals surface area contributed by atoms with Crippen molar-refractivity contribution in [1.29, 1.82) is 0 Å². The Bertz CT molecular complexity index is 1270. The molecule has 0 saturated heterocycles. The van der Waals surface area contributed by atoms with Crippen LogP contribution in [0.15, 0.2) is 36.4 Å². The van der Waals surface area contributed by atoms with Crippen LogP contribution in [0.2, 0.25) is 10.0 Å². The fourth-order valence-corrected chi connectivity index (χ4v) is 4.44. The lowest BCUT2D eigenvalue weighted by Gasteiger charge is -2.28. The Morgan fingerprint density at radius 3 is 2.62 bits per heavy atom. The average molecular weight is 468 g/mol. The van der Waals surface area contributed by atoms with Gasteiger partial charge >= 0.3 is 0 Å². The van der Waals surface area contributed by atoms with Gasteiger partial charge in [-0.15, -0.1) is 0 Å². The second-order valence-electron chi connectivity index (χ2n) is 7.66. The molecule has 9 heteroatoms. The van der Waals surface area contributed by atoms with E-state index >= 15 is 0 Å². The zero-order chi connectivity index (χ0) is 23.0. The standard InChI is InChI=1S/C23H19Cl2N5O2/c1-13-7-15(11-16(24)8-13)22-21(23(26)32)19-12-29(5-6-30(19)28-22)20(31)10-14-3-4-18(27-2)17(25)9-14/h3-4,7-9,11H,5-6,10,12H2,1H3,(H2,26,32). The van der Waals surface area contributed by atoms with Gasteiger partial charge in [0.15, 0.2) is 0 Å². The highest BCUT2D eigenvalue weighted by Gasteiger charge is 2.29. The van der Waals surface area contributed by atoms with Crippen LogP contribution in [0.5, 0.6) is 0 Å². The van der Waals surface area contributed by atoms with Crippen LogP contribution in [-0.4, -0.2) is 33.0 Å². The van der Waals surface area contributed by atoms with Gasteiger partial charge in [-0.05, 0) is 36.2 Å². The van der Waals surface area contributed by atoms with E-state index < -0.39 is 5.91 Å². The second-order valence-corrected chi connectivity index (χ2v) is 8.51. The van der Waals surface area contributed by atoms with Crippen molar-refractivity contribution in [3.63, 3.8) is 0 Å². The number of aromatic nitrogens is 2. The molecule has 0 radical (unpaired) electrons. The van der Waals surface area contributed by atoms with Crippen molar-refractivity contribution in [2.75, 3.05) is 6.54 Å². The molecule has 7 nitrogen and oxygen atoms in total. The van der Waals surface area contributed by atoms with Crippen LogP contribution in [0.25, 0.3) is 16.1 Å². The number of fused-ring (bicyclic) bond motifs is 1. The summed E-state index contributed by atoms with van der Waals surface area (Å²) in [6.45, 7) is 10.1. The molecule has 0 atom stereocenters. The van der Waals surface area contributed by atoms with Crippen LogP contribution in [0.3, 0.4) is 0 Å². The van der Waals surface area contributed by atoms with Crippen molar-refractivity contribution in [2.24, 2.45) is 5.73 Å². The number of hydrogen-bond donors (Lipinski definition) is 1. The molecule has 1 aliphatic rings. The minimum Gasteiger partial charge on any atom is -0.365 e. The van der Waals surface area contributed by atoms with Gasteiger partial charge in [-0.2, -0.15) is 5.10 Å². The van der Waals surface area contributed by atoms with Gasteiger partial charge in [-0.25, -0.2) is 4.85 Å². The average Bonchev–Trinajstić information content (AvgIpc) is 3.12. The topological polar surface area (TPSA) is 85.6 Å². The number of carbonyl (C=O) groups is 2. The van der Waals surface area contributed by atoms with Crippen LogP contribution >= 0.6 is 23.2 Å². The molecule has 2 aromatic carbocycles. The van der Waals surface area contributed by atoms with Gasteiger partial charge in [0.25, 0.3) is 5.91 Å². The minimum atomic E-state index is -0.602. The molecule has 162 valence electrons. The van der Waals surface area contributed by atoms with Crippen molar-refractivity contribution >= 4 is 40.7 Å². The van der Waals surface area contributed by atoms with Gasteiger partial charge in [-0.3, -0.25) is 14.3 Å². The summed E-state index contributed by atoms with van der Waals surface area (Å²) >= 11 is 12.3. The highest BCUT2D eigenvalue weighted by atomic mass is 35.5. The van der Waals surface area contributed by atoms with E-state index in [9.17, 15) is 9.59 Å². The first-order valence-electron chi connectivity index (χ1n) is 9.87. The number of aryl methyl sites for hydroxylation is 1. The third-order valence-electron chi connectivity index (χ3n) is 5.38. The Balaban J connectivity index is 1.62. The van der Waals surface area contributed by atoms with Crippen molar-refractivity contribution in [3.05, 3.63) is 80.2 Å². The van der Waals surface area contributed by atoms with Gasteiger partial charge < -0.3 is 10.6 Å². The number of hydrogen-bond acceptors (Lipinski definition) is 3. The van der Waals surface area contributed by atoms with E-state index in [-0.39, 0.29) is 18.9 Å². The zero-order valence-electron chi connectivity index (χ0n) is 17.2. The number of halogens is 2. The van der Waals surface area contributed by atoms with E-state index in [1.165, 1.54) is 0 Å². The highest BCUT2D eigenvalue weighted by Crippen LogP contribution is 2.31. The van der Waals surface area contributed by atoms with E-state index in [1.54, 1.807) is 33.8 Å². The molecular formula is C23H19Cl2N5O2. The van der Waals surface area contributed by atoms with Gasteiger partial charge in [0.2, 0.25) is 11.6 Å². The molecule has 32 heavy (non-hydrogen) atoms. The second kappa shape index (κ2) is 8.65. The molecule has 2 N–H and O–H groups in total. The Morgan fingerprint density at radius 1 is 1.19 bits per heavy atom. The molecule has 4 rings (SSSR count). The van der Waals surface area contributed by atoms with Crippen molar-refractivity contribution in [3.8, 4) is 11.3 Å². The summed E-state index contributed by atoms with van der Waals surface area (Å²) in [5.41, 5.74) is 9.80. The molecule has 0 spiro atoms. The third kappa shape index (κ3) is 4.20. The maximum Gasteiger partial charge on any atom is 0.252 e. The SMILES string of the molecule is [C-]#[N+]c1ccc(CC(=O)N2CCn3nc(-c4cc(C)cc(Cl)c4)c(C(N)=O)c3C2)cc1Cl. The zero-order valence-corrected chi connectivity index (χ0v) is 18.7. The van der Waals surface area contributed by atoms with Gasteiger partial charge in [-0.1, -0.05) is 41.4 Å². The first-order valence-corrected chi connectivity index (χ1v) is 10.6. The van der Waals surface area contributed by atoms with Crippen LogP contribution < -0.4 is 5.73 Å². The van der Waals surface area contributed by atoms with E-state index in [0.29, 0.717) is 51.3 Å². The van der Waals surface area contributed by atoms with E-state index in [0.717, 1.165) is 11.1 Å². The molecule has 0 unspecified atom stereocenters. The molecule has 2 amide bonds. The summed E-state index contributed by atoms with van der Waals surface area (Å²) < 4.78 is 1.73. The molecule has 0 saturated carbocycles. The Morgan fingerprint density at radius 2 is 1.97 bits per heavy atom. The number of benzene rings is 2. The van der Waals surface area contributed by atoms with Crippen LogP contribution in [0.4, 0.5) is 5.69 Å². The molecule has 2 heterocycles. The van der Waals surface area contributed by atoms with E-state index in [2.05, 4.69) is 9.94 Å². The monoisotopic (exact) mass is 467 g/mol. The number of rotatable bonds is 4. The molecule has 0 bridgehead atoms. The Hall–Kier alpha value is -3.34. The molecule has 0 aliphatic carbocycles. The number of amides is 2. The summed E-state index contributed by atoms with van der Waals surface area (Å²) in [6, 6.07) is 10.4. The maximum absolute atomic E-state index is 12.9. The summed E-state index contributed by atoms with van der Waals surface area (Å²) in [7, 11) is 0. The molecule has 0 fully saturated rings. The molecular weight excluding hydrogens is 449 g/mol. The normalized spacial score (nSPS) is 12.9. The van der Waals surface area contributed by atoms with E-state index in [4.69, 9.17) is 35.5 Å². The third-order valence-corrected chi connectivity index (χ3v) is 5.90. The molecule has 1 aliphatic heterocycles. The Kier molecular flexibility index (Phi) is 5.92. The predicted octanol–water partition coefficient (Wildman–Crippen LogP) is 4.40. The summed E-state index contributed by atoms with van der Waals surface area (Å²) in [4.78, 5) is 30.3. The van der Waals surface area contributed by atoms with Gasteiger partial charge in [0.05, 0.1) is 37.3 Å². The Labute approximate surface area is 195 Å². The lowest BCUT2D eigenvalue weighted by molar-refractivity contribution is -0.132. The largest absolute Gasteiger partial charge is 0.365 e. The van der Waals surface area contributed by atoms with Crippen LogP contribution in [-0.2, 0) is 24.3 Å². The molecule has 3 aromatic rings. The quantitative estimate of drug-likeness (QED) is 0.576. The summed E-state index contributed by atoms with van der Waals surface area (Å²) in [5.74, 6) is -0.714. The first kappa shape index (κ1) is 21.9. The summed E-state index contributed by atoms with van der Waals surface area (Å²) in [5, 5.41) is 5.47. The van der Waals surface area contributed by atoms with Gasteiger partial charge in [0.1, 0.15) is 5.69 Å². The molecule has 1 aromatic heterocycles. The number of primary amides is 1. The van der Waals surface area contributed by atoms with Crippen molar-refractivity contribution < 1.29 is 9.59 Å². The fraction of sp³-hybridized carbons (Fsp3) is 0.217. The number of nitrogens with two attached hydrogens (primary N) is 1. The van der Waals surface area contributed by atoms with Crippen LogP contribution in [0, 0.1) is 13.5 Å². The van der Waals surface area contributed by atoms with Crippen molar-refractivity contribution in [2.45, 2.75) is 26.4 Å². The minimum absolute atomic E-state index is 0.111. The maximum atomic E-state index is 12.9. The van der Waals surface area contributed by atoms with Crippen LogP contribution in [0.1, 0.15) is 27.2 Å². The lowest BCUT2D eigenvalue weighted by Crippen LogP contribution is -2.40. The lowest BCUT2D eigenvalue weighted by atomic mass is 10.0. The van der Waals surface area contributed by atoms with E-state index in [1.807, 2.05) is 19.1 Å². The highest BCUT2D eigenvalue weighted by molar-refractivity contribution is 6.33. The number of nitrogens with zero attached hydrogens (tertiary/aromatic N) is 4. The number of carbonyl (C=O) groups excluding carboxylic acids is 2. The summed E-state index contributed by atoms with van der Waals surface area (Å²) in [6.07, 6.45) is 0.137.